The van der Waals surface area contributed by atoms with Crippen molar-refractivity contribution in [2.75, 3.05) is 13.7 Å². The maximum absolute atomic E-state index is 14.5. The van der Waals surface area contributed by atoms with Gasteiger partial charge in [0, 0.05) is 48.0 Å². The van der Waals surface area contributed by atoms with E-state index in [0.717, 1.165) is 95.8 Å². The highest BCUT2D eigenvalue weighted by molar-refractivity contribution is 5.94. The second-order valence-corrected chi connectivity index (χ2v) is 28.4. The lowest BCUT2D eigenvalue weighted by atomic mass is 9.15. The number of fused-ring (bicyclic) bond motifs is 4. The number of hydrogen-bond donors (Lipinski definition) is 3. The van der Waals surface area contributed by atoms with E-state index in [4.69, 9.17) is 9.47 Å². The van der Waals surface area contributed by atoms with Crippen molar-refractivity contribution >= 4 is 16.7 Å². The Balaban J connectivity index is 1.04. The number of aliphatic hydroxyl groups excluding tert-OH is 1. The van der Waals surface area contributed by atoms with Crippen LogP contribution in [-0.4, -0.2) is 53.0 Å². The molecule has 7 bridgehead atoms. The molecule has 7 saturated carbocycles. The smallest absolute Gasteiger partial charge is 0.309 e. The lowest BCUT2D eigenvalue weighted by molar-refractivity contribution is -0.367. The molecule has 10 aliphatic carbocycles. The molecule has 1 saturated heterocycles. The van der Waals surface area contributed by atoms with Gasteiger partial charge in [-0.05, 0) is 193 Å². The van der Waals surface area contributed by atoms with Crippen LogP contribution in [0.25, 0.3) is 10.8 Å². The molecule has 73 heavy (non-hydrogen) atoms. The van der Waals surface area contributed by atoms with Crippen LogP contribution in [0.15, 0.2) is 54.6 Å². The molecule has 0 amide bonds. The Bertz CT molecular complexity index is 2800. The zero-order chi connectivity index (χ0) is 50.2. The largest absolute Gasteiger partial charge is 0.481 e. The molecule has 0 unspecified atom stereocenters. The molecule has 0 radical (unpaired) electrons. The SMILES string of the molecule is CCC[C@@H]1[C@@]23CC[C@@]45C#CC[C@H](CCC6CCCCC6)CC[C@@]67[C@@H]8[C@H]([C@H]9C[C@@]6%10C[C@@]4(Cc4ccc6cccc9c6c4%10)[C@@H]2[C@@H](O)C[C@]1(O)O[C@H]3Cc1ccc(CCOC)cc1)[C@](C)(C(=O)O)CC[C@]8(C)CC[C@]57C. The Hall–Kier alpha value is -3.21. The number of carbonyl (C=O) groups is 1. The van der Waals surface area contributed by atoms with Gasteiger partial charge in [-0.15, -0.1) is 5.92 Å². The number of aliphatic hydroxyl groups is 2. The molecule has 8 fully saturated rings. The van der Waals surface area contributed by atoms with Gasteiger partial charge in [-0.2, -0.15) is 0 Å². The molecule has 3 aromatic carbocycles. The molecule has 5 spiro atoms. The van der Waals surface area contributed by atoms with Gasteiger partial charge in [-0.3, -0.25) is 4.79 Å². The number of ether oxygens (including phenoxy) is 2. The van der Waals surface area contributed by atoms with Crippen LogP contribution in [-0.2, 0) is 38.9 Å². The summed E-state index contributed by atoms with van der Waals surface area (Å²) in [4.78, 5) is 14.5. The standard InChI is InChI=1S/C67H86O6/c1-6-12-51-65-35-34-64-28-11-15-43(19-18-42-13-8-7-9-14-42)26-29-66-57-55(60(3,58(69)70)32-30-59(57,2)31-33-61(64,66)4)49-39-62(66)41-63(64,38-47-25-24-46-16-10-17-48(49)53(46)54(47)62)56(65)50(68)40-67(51,71)73-52(65)37-45-22-20-44(21-23-45)27-36-72-5/h10,16-17,20-25,42-43,49-52,55-57,68,71H,6-9,12-15,18-19,26-27,29-41H2,1-5H3,(H,69,70)/t43-,49+,50+,51-,52+,55+,56+,57-,59-,60-,61-,62+,63+,64-,65-,66+,67+/m1/s1. The second kappa shape index (κ2) is 16.2. The summed E-state index contributed by atoms with van der Waals surface area (Å²) in [6.45, 7) is 10.6. The summed E-state index contributed by atoms with van der Waals surface area (Å²) < 4.78 is 12.8. The van der Waals surface area contributed by atoms with E-state index < -0.39 is 39.5 Å². The van der Waals surface area contributed by atoms with Gasteiger partial charge in [0.25, 0.3) is 0 Å². The Morgan fingerprint density at radius 2 is 1.62 bits per heavy atom. The van der Waals surface area contributed by atoms with Crippen LogP contribution in [0, 0.1) is 85.3 Å². The Morgan fingerprint density at radius 3 is 2.40 bits per heavy atom. The summed E-state index contributed by atoms with van der Waals surface area (Å²) in [7, 11) is 1.77. The van der Waals surface area contributed by atoms with Gasteiger partial charge in [0.15, 0.2) is 5.79 Å². The predicted molar refractivity (Wildman–Crippen MR) is 287 cm³/mol. The van der Waals surface area contributed by atoms with Crippen LogP contribution in [0.5, 0.6) is 0 Å². The number of carboxylic acid groups (broad SMARTS) is 1. The van der Waals surface area contributed by atoms with Crippen LogP contribution < -0.4 is 0 Å². The minimum absolute atomic E-state index is 0.00924. The van der Waals surface area contributed by atoms with E-state index >= 15 is 0 Å². The van der Waals surface area contributed by atoms with Crippen molar-refractivity contribution in [3.8, 4) is 11.8 Å². The zero-order valence-electron chi connectivity index (χ0n) is 45.1. The summed E-state index contributed by atoms with van der Waals surface area (Å²) in [6, 6.07) is 21.1. The van der Waals surface area contributed by atoms with E-state index in [-0.39, 0.29) is 63.8 Å². The van der Waals surface area contributed by atoms with E-state index in [0.29, 0.717) is 18.9 Å². The van der Waals surface area contributed by atoms with Crippen LogP contribution in [0.2, 0.25) is 0 Å². The normalized spacial score (nSPS) is 47.3. The van der Waals surface area contributed by atoms with E-state index in [1.807, 2.05) is 0 Å². The number of methoxy groups -OCH3 is 1. The quantitative estimate of drug-likeness (QED) is 0.166. The van der Waals surface area contributed by atoms with Crippen molar-refractivity contribution in [3.63, 3.8) is 0 Å². The number of hydrogen-bond acceptors (Lipinski definition) is 5. The highest BCUT2D eigenvalue weighted by Gasteiger charge is 2.90. The third-order valence-electron chi connectivity index (χ3n) is 26.2. The maximum Gasteiger partial charge on any atom is 0.309 e. The summed E-state index contributed by atoms with van der Waals surface area (Å²) in [5.41, 5.74) is 4.26. The van der Waals surface area contributed by atoms with E-state index in [2.05, 4.69) is 94.1 Å². The van der Waals surface area contributed by atoms with Gasteiger partial charge in [0.1, 0.15) is 0 Å². The van der Waals surface area contributed by atoms with Crippen LogP contribution in [0.3, 0.4) is 0 Å². The monoisotopic (exact) mass is 987 g/mol. The van der Waals surface area contributed by atoms with Crippen molar-refractivity contribution in [2.45, 2.75) is 211 Å². The highest BCUT2D eigenvalue weighted by atomic mass is 16.6. The molecule has 14 rings (SSSR count). The van der Waals surface area contributed by atoms with Gasteiger partial charge < -0.3 is 24.8 Å². The van der Waals surface area contributed by atoms with Gasteiger partial charge in [0.05, 0.1) is 24.2 Å². The molecular formula is C67H86O6. The van der Waals surface area contributed by atoms with Crippen LogP contribution >= 0.6 is 0 Å². The van der Waals surface area contributed by atoms with Crippen molar-refractivity contribution in [1.82, 2.24) is 0 Å². The topological polar surface area (TPSA) is 96.2 Å². The van der Waals surface area contributed by atoms with Gasteiger partial charge in [-0.25, -0.2) is 0 Å². The number of benzene rings is 3. The summed E-state index contributed by atoms with van der Waals surface area (Å²) in [5, 5.41) is 41.6. The van der Waals surface area contributed by atoms with Crippen LogP contribution in [0.4, 0.5) is 0 Å². The number of aliphatic carboxylic acids is 1. The second-order valence-electron chi connectivity index (χ2n) is 28.4. The molecule has 11 aliphatic rings. The minimum atomic E-state index is -1.39. The fraction of sp³-hybridized carbons (Fsp3) is 0.716. The molecule has 1 aliphatic heterocycles. The highest BCUT2D eigenvalue weighted by Crippen LogP contribution is 2.93. The van der Waals surface area contributed by atoms with Crippen molar-refractivity contribution < 1.29 is 29.6 Å². The zero-order valence-corrected chi connectivity index (χ0v) is 45.1. The molecule has 1 heterocycles. The molecular weight excluding hydrogens is 901 g/mol. The Kier molecular flexibility index (Phi) is 10.7. The first-order valence-corrected chi connectivity index (χ1v) is 30.1. The lowest BCUT2D eigenvalue weighted by Gasteiger charge is -2.88. The summed E-state index contributed by atoms with van der Waals surface area (Å²) in [6.07, 6.45) is 24.0. The molecule has 17 atom stereocenters. The minimum Gasteiger partial charge on any atom is -0.481 e. The average molecular weight is 987 g/mol. The molecule has 0 aromatic heterocycles. The summed E-state index contributed by atoms with van der Waals surface area (Å²) >= 11 is 0. The first-order valence-electron chi connectivity index (χ1n) is 30.1. The first kappa shape index (κ1) is 48.2. The third-order valence-corrected chi connectivity index (χ3v) is 26.2. The van der Waals surface area contributed by atoms with Crippen molar-refractivity contribution in [3.05, 3.63) is 82.4 Å². The lowest BCUT2D eigenvalue weighted by Crippen LogP contribution is -2.85. The van der Waals surface area contributed by atoms with Crippen LogP contribution in [0.1, 0.15) is 196 Å². The molecule has 390 valence electrons. The van der Waals surface area contributed by atoms with Crippen molar-refractivity contribution in [2.24, 2.45) is 73.4 Å². The fourth-order valence-electron chi connectivity index (χ4n) is 23.8. The molecule has 3 aromatic rings. The van der Waals surface area contributed by atoms with Gasteiger partial charge in [0.2, 0.25) is 0 Å². The number of rotatable bonds is 11. The third kappa shape index (κ3) is 5.81. The molecule has 3 N–H and O–H groups in total. The van der Waals surface area contributed by atoms with E-state index in [1.165, 1.54) is 84.4 Å². The number of carboxylic acids is 1. The average Bonchev–Trinajstić information content (AvgIpc) is 3.56. The molecule has 6 nitrogen and oxygen atoms in total. The molecule has 6 heteroatoms. The van der Waals surface area contributed by atoms with Gasteiger partial charge >= 0.3 is 5.97 Å². The Morgan fingerprint density at radius 1 is 0.836 bits per heavy atom. The Labute approximate surface area is 436 Å². The van der Waals surface area contributed by atoms with Gasteiger partial charge in [-0.1, -0.05) is 126 Å². The van der Waals surface area contributed by atoms with Crippen molar-refractivity contribution in [1.29, 1.82) is 0 Å². The predicted octanol–water partition coefficient (Wildman–Crippen LogP) is 13.7. The first-order chi connectivity index (χ1) is 35.1. The van der Waals surface area contributed by atoms with E-state index in [1.54, 1.807) is 12.7 Å². The van der Waals surface area contributed by atoms with E-state index in [9.17, 15) is 20.1 Å². The summed E-state index contributed by atoms with van der Waals surface area (Å²) in [5.74, 6) is 8.37. The maximum atomic E-state index is 14.5. The fourth-order valence-corrected chi connectivity index (χ4v) is 23.8.